The third kappa shape index (κ3) is 3.50. The molecule has 15 heavy (non-hydrogen) atoms. The highest BCUT2D eigenvalue weighted by molar-refractivity contribution is 7.94. The zero-order valence-electron chi connectivity index (χ0n) is 9.44. The molecule has 0 aliphatic carbocycles. The van der Waals surface area contributed by atoms with Gasteiger partial charge in [0.1, 0.15) is 12.2 Å². The smallest absolute Gasteiger partial charge is 0.147 e. The molecule has 0 aromatic carbocycles. The normalized spacial score (nSPS) is 35.0. The predicted molar refractivity (Wildman–Crippen MR) is 63.3 cm³/mol. The summed E-state index contributed by atoms with van der Waals surface area (Å²) >= 11 is 0. The monoisotopic (exact) mass is 229 g/mol. The SMILES string of the molecule is C=CC1CCCC[N+]1(C)C=C=S(C)(=O)[O-]. The Bertz CT molecular complexity index is 381. The van der Waals surface area contributed by atoms with E-state index < -0.39 is 9.80 Å². The molecule has 0 radical (unpaired) electrons. The second-order valence-corrected chi connectivity index (χ2v) is 6.17. The van der Waals surface area contributed by atoms with E-state index in [-0.39, 0.29) is 0 Å². The summed E-state index contributed by atoms with van der Waals surface area (Å²) in [4.78, 5) is 0. The van der Waals surface area contributed by atoms with Gasteiger partial charge in [0, 0.05) is 6.42 Å². The minimum absolute atomic E-state index is 0.313. The lowest BCUT2D eigenvalue weighted by Crippen LogP contribution is -2.50. The van der Waals surface area contributed by atoms with Gasteiger partial charge in [0.05, 0.1) is 13.6 Å². The van der Waals surface area contributed by atoms with Gasteiger partial charge >= 0.3 is 0 Å². The summed E-state index contributed by atoms with van der Waals surface area (Å²) in [6.45, 7) is 4.77. The van der Waals surface area contributed by atoms with Crippen molar-refractivity contribution in [1.29, 1.82) is 0 Å². The molecule has 3 nitrogen and oxygen atoms in total. The Kier molecular flexibility index (Phi) is 3.79. The van der Waals surface area contributed by atoms with Crippen molar-refractivity contribution in [3.05, 3.63) is 18.9 Å². The van der Waals surface area contributed by atoms with Gasteiger partial charge in [0.25, 0.3) is 0 Å². The molecule has 0 aromatic rings. The van der Waals surface area contributed by atoms with Gasteiger partial charge in [-0.25, -0.2) is 0 Å². The van der Waals surface area contributed by atoms with E-state index in [2.05, 4.69) is 11.6 Å². The van der Waals surface area contributed by atoms with Gasteiger partial charge < -0.3 is 4.55 Å². The van der Waals surface area contributed by atoms with Crippen LogP contribution in [0.3, 0.4) is 0 Å². The molecule has 1 aliphatic rings. The summed E-state index contributed by atoms with van der Waals surface area (Å²) in [5.41, 5.74) is 0. The second kappa shape index (κ2) is 4.54. The fraction of sp³-hybridized carbons (Fsp3) is 0.636. The van der Waals surface area contributed by atoms with Crippen molar-refractivity contribution in [2.75, 3.05) is 19.8 Å². The van der Waals surface area contributed by atoms with Crippen LogP contribution in [0, 0.1) is 0 Å². The van der Waals surface area contributed by atoms with Gasteiger partial charge in [0.15, 0.2) is 0 Å². The molecular weight excluding hydrogens is 210 g/mol. The van der Waals surface area contributed by atoms with Crippen molar-refractivity contribution in [2.45, 2.75) is 25.3 Å². The van der Waals surface area contributed by atoms with Crippen molar-refractivity contribution in [3.63, 3.8) is 0 Å². The maximum absolute atomic E-state index is 11.0. The average Bonchev–Trinajstić information content (AvgIpc) is 2.15. The van der Waals surface area contributed by atoms with E-state index in [9.17, 15) is 8.76 Å². The molecule has 1 saturated heterocycles. The van der Waals surface area contributed by atoms with Crippen LogP contribution in [0.25, 0.3) is 0 Å². The van der Waals surface area contributed by atoms with E-state index in [0.29, 0.717) is 10.5 Å². The number of piperidine rings is 1. The zero-order valence-corrected chi connectivity index (χ0v) is 10.3. The van der Waals surface area contributed by atoms with E-state index in [1.165, 1.54) is 12.7 Å². The Hall–Kier alpha value is -0.540. The molecule has 0 spiro atoms. The third-order valence-electron chi connectivity index (χ3n) is 2.98. The first kappa shape index (κ1) is 12.5. The summed E-state index contributed by atoms with van der Waals surface area (Å²) in [6, 6.07) is 0.313. The maximum atomic E-state index is 11.0. The summed E-state index contributed by atoms with van der Waals surface area (Å²) < 4.78 is 22.7. The molecule has 1 fully saturated rings. The molecule has 1 heterocycles. The highest BCUT2D eigenvalue weighted by Gasteiger charge is 2.31. The number of quaternary nitrogens is 1. The quantitative estimate of drug-likeness (QED) is 0.404. The van der Waals surface area contributed by atoms with Gasteiger partial charge in [-0.15, -0.1) is 0 Å². The van der Waals surface area contributed by atoms with Gasteiger partial charge in [-0.2, -0.15) is 0 Å². The Morgan fingerprint density at radius 1 is 1.60 bits per heavy atom. The molecule has 4 heteroatoms. The van der Waals surface area contributed by atoms with Crippen LogP contribution in [0.4, 0.5) is 0 Å². The van der Waals surface area contributed by atoms with Crippen LogP contribution in [0.5, 0.6) is 0 Å². The predicted octanol–water partition coefficient (Wildman–Crippen LogP) is 1.13. The van der Waals surface area contributed by atoms with Gasteiger partial charge in [-0.1, -0.05) is 16.4 Å². The highest BCUT2D eigenvalue weighted by Crippen LogP contribution is 2.24. The van der Waals surface area contributed by atoms with Gasteiger partial charge in [-0.05, 0) is 30.2 Å². The second-order valence-electron chi connectivity index (χ2n) is 4.39. The van der Waals surface area contributed by atoms with E-state index in [4.69, 9.17) is 0 Å². The first-order valence-electron chi connectivity index (χ1n) is 5.16. The lowest BCUT2D eigenvalue weighted by atomic mass is 10.0. The topological polar surface area (TPSA) is 40.1 Å². The minimum atomic E-state index is -3.15. The molecule has 0 saturated carbocycles. The van der Waals surface area contributed by atoms with Crippen LogP contribution in [-0.2, 0) is 9.80 Å². The van der Waals surface area contributed by atoms with Crippen molar-refractivity contribution in [3.8, 4) is 0 Å². The lowest BCUT2D eigenvalue weighted by Gasteiger charge is -2.39. The van der Waals surface area contributed by atoms with Crippen molar-refractivity contribution >= 4 is 14.8 Å². The van der Waals surface area contributed by atoms with Crippen molar-refractivity contribution in [2.24, 2.45) is 0 Å². The van der Waals surface area contributed by atoms with Crippen molar-refractivity contribution < 1.29 is 13.2 Å². The molecule has 86 valence electrons. The molecule has 1 aliphatic heterocycles. The number of rotatable bonds is 2. The Balaban J connectivity index is 3.03. The molecular formula is C11H19NO2S. The first-order chi connectivity index (χ1) is 6.87. The van der Waals surface area contributed by atoms with E-state index in [0.717, 1.165) is 19.4 Å². The Labute approximate surface area is 92.5 Å². The average molecular weight is 229 g/mol. The molecule has 0 aromatic heterocycles. The number of nitrogens with zero attached hydrogens (tertiary/aromatic N) is 1. The van der Waals surface area contributed by atoms with Crippen LogP contribution in [0.2, 0.25) is 0 Å². The number of likely N-dealkylation sites (N-methyl/N-ethyl adjacent to an activating group) is 1. The van der Waals surface area contributed by atoms with Crippen LogP contribution < -0.4 is 0 Å². The minimum Gasteiger partial charge on any atom is -0.772 e. The lowest BCUT2D eigenvalue weighted by molar-refractivity contribution is -0.882. The van der Waals surface area contributed by atoms with Crippen LogP contribution >= 0.6 is 0 Å². The third-order valence-corrected chi connectivity index (χ3v) is 3.51. The zero-order chi connectivity index (χ0) is 11.5. The fourth-order valence-electron chi connectivity index (χ4n) is 2.00. The number of likely N-dealkylation sites (tertiary alicyclic amines) is 1. The standard InChI is InChI=1S/C11H19NO2S/c1-4-11-7-5-6-8-12(11,2)9-10-15(3,13)14/h4,9,11H,1,5-8H2,2-3H3. The summed E-state index contributed by atoms with van der Waals surface area (Å²) in [7, 11) is -1.12. The molecule has 0 amide bonds. The molecule has 0 bridgehead atoms. The molecule has 1 rings (SSSR count). The van der Waals surface area contributed by atoms with Crippen molar-refractivity contribution in [1.82, 2.24) is 0 Å². The molecule has 3 unspecified atom stereocenters. The number of hydrogen-bond acceptors (Lipinski definition) is 2. The molecule has 0 N–H and O–H groups in total. The first-order valence-corrected chi connectivity index (χ1v) is 7.06. The summed E-state index contributed by atoms with van der Waals surface area (Å²) in [5.74, 6) is 0. The van der Waals surface area contributed by atoms with E-state index in [1.54, 1.807) is 6.20 Å². The number of hydrogen-bond donors (Lipinski definition) is 0. The van der Waals surface area contributed by atoms with Crippen LogP contribution in [-0.4, -0.2) is 44.2 Å². The van der Waals surface area contributed by atoms with Gasteiger partial charge in [0.2, 0.25) is 0 Å². The summed E-state index contributed by atoms with van der Waals surface area (Å²) in [5, 5.41) is 2.47. The summed E-state index contributed by atoms with van der Waals surface area (Å²) in [6.07, 6.45) is 8.14. The molecule has 3 atom stereocenters. The van der Waals surface area contributed by atoms with E-state index >= 15 is 0 Å². The van der Waals surface area contributed by atoms with Crippen LogP contribution in [0.15, 0.2) is 18.9 Å². The Morgan fingerprint density at radius 2 is 2.27 bits per heavy atom. The van der Waals surface area contributed by atoms with E-state index in [1.807, 2.05) is 13.1 Å². The largest absolute Gasteiger partial charge is 0.772 e. The fourth-order valence-corrected chi connectivity index (χ4v) is 2.43. The maximum Gasteiger partial charge on any atom is 0.147 e. The Morgan fingerprint density at radius 3 is 2.80 bits per heavy atom. The van der Waals surface area contributed by atoms with Crippen LogP contribution in [0.1, 0.15) is 19.3 Å². The van der Waals surface area contributed by atoms with Gasteiger partial charge in [-0.3, -0.25) is 8.69 Å². The highest BCUT2D eigenvalue weighted by atomic mass is 32.2.